The van der Waals surface area contributed by atoms with E-state index in [1.165, 1.54) is 19.1 Å². The molecule has 1 aliphatic heterocycles. The summed E-state index contributed by atoms with van der Waals surface area (Å²) in [5.41, 5.74) is 5.89. The van der Waals surface area contributed by atoms with Crippen molar-refractivity contribution < 1.29 is 26.7 Å². The monoisotopic (exact) mass is 300 g/mol. The Labute approximate surface area is 113 Å². The largest absolute Gasteiger partial charge is 0.456 e. The molecule has 0 saturated carbocycles. The van der Waals surface area contributed by atoms with Gasteiger partial charge in [-0.3, -0.25) is 4.99 Å². The Bertz CT molecular complexity index is 379. The topological polar surface area (TPSA) is 47.6 Å². The summed E-state index contributed by atoms with van der Waals surface area (Å²) in [7, 11) is 0. The van der Waals surface area contributed by atoms with Crippen molar-refractivity contribution in [3.63, 3.8) is 0 Å². The summed E-state index contributed by atoms with van der Waals surface area (Å²) in [6.45, 7) is 1.70. The van der Waals surface area contributed by atoms with Gasteiger partial charge in [-0.15, -0.1) is 0 Å². The van der Waals surface area contributed by atoms with Crippen LogP contribution in [0.1, 0.15) is 19.8 Å². The van der Waals surface area contributed by atoms with Gasteiger partial charge in [0.2, 0.25) is 0 Å². The summed E-state index contributed by atoms with van der Waals surface area (Å²) in [5.74, 6) is -4.88. The van der Waals surface area contributed by atoms with Crippen molar-refractivity contribution in [3.8, 4) is 0 Å². The van der Waals surface area contributed by atoms with Gasteiger partial charge in [0.15, 0.2) is 0 Å². The molecule has 0 spiro atoms. The highest BCUT2D eigenvalue weighted by Gasteiger charge is 2.63. The summed E-state index contributed by atoms with van der Waals surface area (Å²) in [6.07, 6.45) is -6.08. The zero-order valence-corrected chi connectivity index (χ0v) is 11.0. The molecule has 3 nitrogen and oxygen atoms in total. The molecule has 0 amide bonds. The van der Waals surface area contributed by atoms with E-state index in [-0.39, 0.29) is 25.9 Å². The molecule has 116 valence electrons. The smallest absolute Gasteiger partial charge is 0.362 e. The molecule has 0 saturated heterocycles. The Hall–Kier alpha value is -1.02. The lowest BCUT2D eigenvalue weighted by atomic mass is 10.1. The zero-order valence-electron chi connectivity index (χ0n) is 11.0. The van der Waals surface area contributed by atoms with E-state index >= 15 is 0 Å². The summed E-state index contributed by atoms with van der Waals surface area (Å²) in [4.78, 5) is 3.94. The van der Waals surface area contributed by atoms with Gasteiger partial charge in [-0.1, -0.05) is 19.4 Å². The fourth-order valence-electron chi connectivity index (χ4n) is 1.75. The standard InChI is InChI=1S/C12H17F5N2O/c1-2-3-10(11(13,14)12(15,16)17)20-9-5-4-8(6-18)19-7-9/h4-5,9-10H,2-3,6-7,18H2,1H3. The summed E-state index contributed by atoms with van der Waals surface area (Å²) in [6, 6.07) is 0. The molecule has 2 atom stereocenters. The Morgan fingerprint density at radius 2 is 2.05 bits per heavy atom. The van der Waals surface area contributed by atoms with Crippen molar-refractivity contribution in [2.45, 2.75) is 44.1 Å². The fourth-order valence-corrected chi connectivity index (χ4v) is 1.75. The highest BCUT2D eigenvalue weighted by molar-refractivity contribution is 5.97. The maximum Gasteiger partial charge on any atom is 0.456 e. The third kappa shape index (κ3) is 3.99. The Morgan fingerprint density at radius 1 is 1.40 bits per heavy atom. The summed E-state index contributed by atoms with van der Waals surface area (Å²) in [5, 5.41) is 0. The number of aliphatic imine (C=N–C) groups is 1. The number of dihydropyridines is 1. The molecule has 2 N–H and O–H groups in total. The Balaban J connectivity index is 2.75. The van der Waals surface area contributed by atoms with Crippen LogP contribution in [0.25, 0.3) is 0 Å². The lowest BCUT2D eigenvalue weighted by Crippen LogP contribution is -2.49. The van der Waals surface area contributed by atoms with Gasteiger partial charge in [-0.25, -0.2) is 0 Å². The van der Waals surface area contributed by atoms with Gasteiger partial charge < -0.3 is 10.5 Å². The van der Waals surface area contributed by atoms with E-state index in [9.17, 15) is 22.0 Å². The van der Waals surface area contributed by atoms with Crippen LogP contribution in [0, 0.1) is 0 Å². The SMILES string of the molecule is CCCC(OC1C=CC(CN)=NC1)C(F)(F)C(F)(F)F. The van der Waals surface area contributed by atoms with Gasteiger partial charge >= 0.3 is 12.1 Å². The number of ether oxygens (including phenoxy) is 1. The zero-order chi connectivity index (χ0) is 15.4. The molecule has 0 aliphatic carbocycles. The molecule has 1 rings (SSSR count). The van der Waals surface area contributed by atoms with Crippen LogP contribution in [0.2, 0.25) is 0 Å². The van der Waals surface area contributed by atoms with E-state index in [4.69, 9.17) is 10.5 Å². The first kappa shape index (κ1) is 17.0. The number of nitrogens with two attached hydrogens (primary N) is 1. The second-order valence-electron chi connectivity index (χ2n) is 4.47. The van der Waals surface area contributed by atoms with Crippen LogP contribution in [0.5, 0.6) is 0 Å². The van der Waals surface area contributed by atoms with Gasteiger partial charge in [-0.05, 0) is 12.5 Å². The molecule has 8 heteroatoms. The summed E-state index contributed by atoms with van der Waals surface area (Å²) < 4.78 is 68.8. The molecule has 0 aromatic heterocycles. The van der Waals surface area contributed by atoms with Crippen LogP contribution in [0.4, 0.5) is 22.0 Å². The lowest BCUT2D eigenvalue weighted by molar-refractivity contribution is -0.322. The van der Waals surface area contributed by atoms with Gasteiger partial charge in [0.05, 0.1) is 12.6 Å². The maximum absolute atomic E-state index is 13.3. The van der Waals surface area contributed by atoms with Crippen molar-refractivity contribution >= 4 is 5.71 Å². The first-order chi connectivity index (χ1) is 9.22. The highest BCUT2D eigenvalue weighted by atomic mass is 19.4. The van der Waals surface area contributed by atoms with Crippen molar-refractivity contribution in [1.82, 2.24) is 0 Å². The molecule has 20 heavy (non-hydrogen) atoms. The van der Waals surface area contributed by atoms with Gasteiger partial charge in [0, 0.05) is 12.3 Å². The van der Waals surface area contributed by atoms with Gasteiger partial charge in [0.25, 0.3) is 0 Å². The van der Waals surface area contributed by atoms with E-state index in [0.717, 1.165) is 0 Å². The molecule has 1 heterocycles. The van der Waals surface area contributed by atoms with E-state index in [2.05, 4.69) is 4.99 Å². The van der Waals surface area contributed by atoms with Crippen molar-refractivity contribution in [1.29, 1.82) is 0 Å². The lowest BCUT2D eigenvalue weighted by Gasteiger charge is -2.31. The quantitative estimate of drug-likeness (QED) is 0.767. The minimum atomic E-state index is -5.63. The minimum absolute atomic E-state index is 0.00279. The van der Waals surface area contributed by atoms with Crippen LogP contribution < -0.4 is 5.73 Å². The van der Waals surface area contributed by atoms with Crippen molar-refractivity contribution in [2.24, 2.45) is 10.7 Å². The number of hydrogen-bond acceptors (Lipinski definition) is 3. The number of halogens is 5. The van der Waals surface area contributed by atoms with Crippen LogP contribution in [0.3, 0.4) is 0 Å². The molecule has 0 bridgehead atoms. The van der Waals surface area contributed by atoms with Gasteiger partial charge in [-0.2, -0.15) is 22.0 Å². The molecular formula is C12H17F5N2O. The average molecular weight is 300 g/mol. The van der Waals surface area contributed by atoms with Crippen molar-refractivity contribution in [2.75, 3.05) is 13.1 Å². The molecule has 0 fully saturated rings. The molecule has 1 aliphatic rings. The molecule has 2 unspecified atom stereocenters. The highest BCUT2D eigenvalue weighted by Crippen LogP contribution is 2.41. The van der Waals surface area contributed by atoms with E-state index in [1.807, 2.05) is 0 Å². The predicted molar refractivity (Wildman–Crippen MR) is 65.1 cm³/mol. The Morgan fingerprint density at radius 3 is 2.45 bits per heavy atom. The van der Waals surface area contributed by atoms with E-state index < -0.39 is 24.3 Å². The van der Waals surface area contributed by atoms with Crippen molar-refractivity contribution in [3.05, 3.63) is 12.2 Å². The first-order valence-corrected chi connectivity index (χ1v) is 6.24. The Kier molecular flexibility index (Phi) is 5.64. The molecule has 0 radical (unpaired) electrons. The number of rotatable bonds is 6. The molecular weight excluding hydrogens is 283 g/mol. The average Bonchev–Trinajstić information content (AvgIpc) is 2.37. The first-order valence-electron chi connectivity index (χ1n) is 6.24. The van der Waals surface area contributed by atoms with E-state index in [1.54, 1.807) is 0 Å². The fraction of sp³-hybridized carbons (Fsp3) is 0.750. The normalized spacial score (nSPS) is 21.8. The van der Waals surface area contributed by atoms with E-state index in [0.29, 0.717) is 5.71 Å². The third-order valence-corrected chi connectivity index (χ3v) is 2.86. The predicted octanol–water partition coefficient (Wildman–Crippen LogP) is 2.71. The number of alkyl halides is 5. The van der Waals surface area contributed by atoms with Crippen LogP contribution in [-0.4, -0.2) is 43.1 Å². The molecule has 0 aromatic rings. The van der Waals surface area contributed by atoms with Crippen LogP contribution in [0.15, 0.2) is 17.1 Å². The maximum atomic E-state index is 13.3. The number of hydrogen-bond donors (Lipinski definition) is 1. The van der Waals surface area contributed by atoms with Crippen LogP contribution >= 0.6 is 0 Å². The third-order valence-electron chi connectivity index (χ3n) is 2.86. The molecule has 0 aromatic carbocycles. The van der Waals surface area contributed by atoms with Crippen LogP contribution in [-0.2, 0) is 4.74 Å². The minimum Gasteiger partial charge on any atom is -0.362 e. The van der Waals surface area contributed by atoms with Gasteiger partial charge in [0.1, 0.15) is 6.10 Å². The number of nitrogens with zero attached hydrogens (tertiary/aromatic N) is 1. The second kappa shape index (κ2) is 6.62. The second-order valence-corrected chi connectivity index (χ2v) is 4.47. The summed E-state index contributed by atoms with van der Waals surface area (Å²) >= 11 is 0.